The van der Waals surface area contributed by atoms with Gasteiger partial charge in [-0.15, -0.1) is 0 Å². The van der Waals surface area contributed by atoms with Crippen molar-refractivity contribution in [3.05, 3.63) is 58.2 Å². The Hall–Kier alpha value is -2.93. The molecule has 0 unspecified atom stereocenters. The van der Waals surface area contributed by atoms with E-state index >= 15 is 0 Å². The molecule has 1 amide bonds. The highest BCUT2D eigenvalue weighted by Crippen LogP contribution is 2.25. The molecule has 3 rings (SSSR count). The van der Waals surface area contributed by atoms with Gasteiger partial charge in [-0.25, -0.2) is 4.79 Å². The Balaban J connectivity index is 1.91. The highest BCUT2D eigenvalue weighted by molar-refractivity contribution is 6.00. The van der Waals surface area contributed by atoms with Gasteiger partial charge in [0.25, 0.3) is 5.91 Å². The molecular weight excluding hydrogens is 444 g/mol. The van der Waals surface area contributed by atoms with Crippen molar-refractivity contribution < 1.29 is 24.3 Å². The molecule has 0 radical (unpaired) electrons. The van der Waals surface area contributed by atoms with Crippen LogP contribution in [0.25, 0.3) is 0 Å². The number of esters is 1. The van der Waals surface area contributed by atoms with Crippen molar-refractivity contribution in [1.29, 1.82) is 0 Å². The number of benzene rings is 1. The van der Waals surface area contributed by atoms with Crippen LogP contribution in [0.3, 0.4) is 0 Å². The number of allylic oxidation sites excluding steroid dienone is 1. The lowest BCUT2D eigenvalue weighted by Crippen LogP contribution is -2.37. The van der Waals surface area contributed by atoms with Crippen molar-refractivity contribution >= 4 is 17.6 Å². The molecule has 1 aromatic carbocycles. The first-order chi connectivity index (χ1) is 16.8. The average molecular weight is 483 g/mol. The summed E-state index contributed by atoms with van der Waals surface area (Å²) in [6.07, 6.45) is 10.7. The molecule has 1 saturated heterocycles. The molecule has 7 nitrogen and oxygen atoms in total. The van der Waals surface area contributed by atoms with Crippen molar-refractivity contribution in [2.75, 3.05) is 19.7 Å². The minimum absolute atomic E-state index is 0.0692. The number of oxime groups is 1. The number of nitrogens with zero attached hydrogens (tertiary/aromatic N) is 2. The zero-order chi connectivity index (χ0) is 25.4. The van der Waals surface area contributed by atoms with E-state index in [-0.39, 0.29) is 24.6 Å². The maximum absolute atomic E-state index is 13.2. The Labute approximate surface area is 208 Å². The van der Waals surface area contributed by atoms with Crippen LogP contribution in [-0.2, 0) is 20.8 Å². The van der Waals surface area contributed by atoms with Gasteiger partial charge in [0.15, 0.2) is 6.61 Å². The Morgan fingerprint density at radius 1 is 1.14 bits per heavy atom. The van der Waals surface area contributed by atoms with Crippen molar-refractivity contribution in [2.45, 2.75) is 78.4 Å². The van der Waals surface area contributed by atoms with E-state index in [2.05, 4.69) is 5.16 Å². The molecule has 0 saturated carbocycles. The van der Waals surface area contributed by atoms with Crippen LogP contribution in [0.2, 0.25) is 0 Å². The van der Waals surface area contributed by atoms with E-state index in [0.29, 0.717) is 30.5 Å². The van der Waals surface area contributed by atoms with Crippen LogP contribution in [0.15, 0.2) is 35.5 Å². The normalized spacial score (nSPS) is 24.8. The Kier molecular flexibility index (Phi) is 9.66. The van der Waals surface area contributed by atoms with Crippen LogP contribution >= 0.6 is 0 Å². The number of piperidine rings is 1. The van der Waals surface area contributed by atoms with E-state index < -0.39 is 6.10 Å². The molecule has 1 N–H and O–H groups in total. The molecule has 0 aromatic heterocycles. The number of hydrogen-bond acceptors (Lipinski definition) is 6. The molecular formula is C28H38N2O5. The number of amides is 1. The molecule has 35 heavy (non-hydrogen) atoms. The number of hydrogen-bond donors (Lipinski definition) is 1. The molecule has 1 fully saturated rings. The van der Waals surface area contributed by atoms with Crippen LogP contribution in [0.5, 0.6) is 0 Å². The summed E-state index contributed by atoms with van der Waals surface area (Å²) in [4.78, 5) is 33.0. The number of aliphatic hydroxyl groups excluding tert-OH is 1. The summed E-state index contributed by atoms with van der Waals surface area (Å²) in [7, 11) is 0. The monoisotopic (exact) mass is 482 g/mol. The second-order valence-corrected chi connectivity index (χ2v) is 9.55. The molecule has 0 aliphatic carbocycles. The minimum Gasteiger partial charge on any atom is -0.459 e. The number of carbonyl (C=O) groups is 2. The van der Waals surface area contributed by atoms with Crippen molar-refractivity contribution in [3.8, 4) is 0 Å². The van der Waals surface area contributed by atoms with E-state index in [1.807, 2.05) is 50.8 Å². The van der Waals surface area contributed by atoms with Gasteiger partial charge in [0, 0.05) is 25.9 Å². The van der Waals surface area contributed by atoms with E-state index in [1.165, 1.54) is 0 Å². The van der Waals surface area contributed by atoms with E-state index in [0.717, 1.165) is 54.6 Å². The van der Waals surface area contributed by atoms with Crippen molar-refractivity contribution in [3.63, 3.8) is 0 Å². The zero-order valence-corrected chi connectivity index (χ0v) is 21.4. The fourth-order valence-electron chi connectivity index (χ4n) is 4.52. The number of fused-ring (bicyclic) bond motifs is 1. The van der Waals surface area contributed by atoms with Crippen LogP contribution in [0, 0.1) is 20.8 Å². The van der Waals surface area contributed by atoms with Gasteiger partial charge < -0.3 is 19.6 Å². The van der Waals surface area contributed by atoms with Gasteiger partial charge in [0.05, 0.1) is 17.4 Å². The van der Waals surface area contributed by atoms with E-state index in [9.17, 15) is 14.7 Å². The second-order valence-electron chi connectivity index (χ2n) is 9.55. The fraction of sp³-hybridized carbons (Fsp3) is 0.536. The molecule has 1 aromatic rings. The molecule has 0 spiro atoms. The largest absolute Gasteiger partial charge is 0.459 e. The summed E-state index contributed by atoms with van der Waals surface area (Å²) in [5.74, 6) is -0.441. The number of aliphatic hydroxyl groups is 1. The predicted octanol–water partition coefficient (Wildman–Crippen LogP) is 4.35. The van der Waals surface area contributed by atoms with Gasteiger partial charge in [0.1, 0.15) is 6.10 Å². The van der Waals surface area contributed by atoms with Crippen molar-refractivity contribution in [2.24, 2.45) is 5.16 Å². The summed E-state index contributed by atoms with van der Waals surface area (Å²) in [5.41, 5.74) is 4.87. The van der Waals surface area contributed by atoms with Crippen LogP contribution in [0.1, 0.15) is 71.6 Å². The number of carbonyl (C=O) groups excluding carboxylic acids is 2. The molecule has 2 aliphatic heterocycles. The summed E-state index contributed by atoms with van der Waals surface area (Å²) in [5, 5.41) is 14.5. The number of likely N-dealkylation sites (tertiary alicyclic amines) is 1. The number of cyclic esters (lactones) is 1. The lowest BCUT2D eigenvalue weighted by Gasteiger charge is -2.26. The van der Waals surface area contributed by atoms with E-state index in [1.54, 1.807) is 12.2 Å². The van der Waals surface area contributed by atoms with Crippen LogP contribution < -0.4 is 0 Å². The number of aryl methyl sites for hydroxylation is 2. The lowest BCUT2D eigenvalue weighted by molar-refractivity contribution is -0.137. The smallest absolute Gasteiger partial charge is 0.338 e. The Bertz CT molecular complexity index is 1010. The Morgan fingerprint density at radius 2 is 1.89 bits per heavy atom. The van der Waals surface area contributed by atoms with Crippen LogP contribution in [-0.4, -0.2) is 59.5 Å². The van der Waals surface area contributed by atoms with Gasteiger partial charge in [0.2, 0.25) is 0 Å². The standard InChI is InChI=1S/C28H38N2O5/c1-19-16-20(2)27-25(22(19)4)17-23(29-34-18-26(32)30-14-6-5-7-15-30)11-9-13-24(31)12-8-10-21(3)35-28(27)33/h8-9,11-12,16,21,24,31H,5-7,10,13-15,17-18H2,1-4H3/b11-9+,12-8+,29-23?/t21-,24-/m1/s1. The number of ether oxygens (including phenoxy) is 1. The number of rotatable bonds is 3. The minimum atomic E-state index is -0.654. The molecule has 2 heterocycles. The quantitative estimate of drug-likeness (QED) is 0.393. The average Bonchev–Trinajstić information content (AvgIpc) is 2.82. The third-order valence-corrected chi connectivity index (χ3v) is 6.64. The van der Waals surface area contributed by atoms with Gasteiger partial charge >= 0.3 is 5.97 Å². The first kappa shape index (κ1) is 26.7. The highest BCUT2D eigenvalue weighted by Gasteiger charge is 2.22. The fourth-order valence-corrected chi connectivity index (χ4v) is 4.52. The summed E-state index contributed by atoms with van der Waals surface area (Å²) >= 11 is 0. The topological polar surface area (TPSA) is 88.4 Å². The van der Waals surface area contributed by atoms with Gasteiger partial charge in [-0.2, -0.15) is 0 Å². The second kappa shape index (κ2) is 12.7. The third kappa shape index (κ3) is 7.52. The maximum atomic E-state index is 13.2. The van der Waals surface area contributed by atoms with Gasteiger partial charge in [-0.05, 0) is 81.7 Å². The van der Waals surface area contributed by atoms with Crippen LogP contribution in [0.4, 0.5) is 0 Å². The van der Waals surface area contributed by atoms with Gasteiger partial charge in [-0.1, -0.05) is 29.5 Å². The molecule has 2 atom stereocenters. The first-order valence-electron chi connectivity index (χ1n) is 12.5. The van der Waals surface area contributed by atoms with E-state index in [4.69, 9.17) is 9.57 Å². The molecule has 7 heteroatoms. The third-order valence-electron chi connectivity index (χ3n) is 6.64. The lowest BCUT2D eigenvalue weighted by atomic mass is 9.90. The molecule has 0 bridgehead atoms. The SMILES string of the molecule is Cc1cc(C)c2c(c1C)CC(=NOCC(=O)N1CCCCC1)/C=C/C[C@H](O)/C=C/C[C@@H](C)OC2=O. The summed E-state index contributed by atoms with van der Waals surface area (Å²) < 4.78 is 5.74. The summed E-state index contributed by atoms with van der Waals surface area (Å²) in [6.45, 7) is 9.16. The highest BCUT2D eigenvalue weighted by atomic mass is 16.6. The zero-order valence-electron chi connectivity index (χ0n) is 21.4. The molecule has 2 aliphatic rings. The van der Waals surface area contributed by atoms with Crippen molar-refractivity contribution in [1.82, 2.24) is 4.90 Å². The predicted molar refractivity (Wildman–Crippen MR) is 137 cm³/mol. The maximum Gasteiger partial charge on any atom is 0.338 e. The summed E-state index contributed by atoms with van der Waals surface area (Å²) in [6, 6.07) is 2.00. The molecule has 190 valence electrons. The first-order valence-corrected chi connectivity index (χ1v) is 12.5. The van der Waals surface area contributed by atoms with Gasteiger partial charge in [-0.3, -0.25) is 4.79 Å². The Morgan fingerprint density at radius 3 is 2.63 bits per heavy atom.